The molecule has 0 aromatic heterocycles. The first-order valence-electron chi connectivity index (χ1n) is 9.28. The number of nitriles is 1. The summed E-state index contributed by atoms with van der Waals surface area (Å²) in [5, 5.41) is 9.47. The van der Waals surface area contributed by atoms with Crippen LogP contribution in [-0.2, 0) is 4.79 Å². The fourth-order valence-corrected chi connectivity index (χ4v) is 3.35. The maximum absolute atomic E-state index is 12.4. The van der Waals surface area contributed by atoms with Gasteiger partial charge in [0, 0.05) is 0 Å². The molecule has 2 aromatic carbocycles. The number of carbonyl (C=O) groups is 1. The number of hydrogen-bond acceptors (Lipinski definition) is 4. The molecule has 4 nitrogen and oxygen atoms in total. The van der Waals surface area contributed by atoms with Crippen LogP contribution in [0.1, 0.15) is 43.2 Å². The lowest BCUT2D eigenvalue weighted by molar-refractivity contribution is -0.140. The number of benzene rings is 2. The molecular weight excluding hydrogens is 338 g/mol. The van der Waals surface area contributed by atoms with Gasteiger partial charge in [-0.25, -0.2) is 0 Å². The molecule has 1 fully saturated rings. The van der Waals surface area contributed by atoms with Gasteiger partial charge in [-0.05, 0) is 42.2 Å². The standard InChI is InChI=1S/C23H23NO3/c1-26-22-15-17(14-20(16-24)18-8-4-2-5-9-18)12-13-21(22)27-23(25)19-10-6-3-7-11-19/h2,4-5,8-9,12-15,19H,3,6-7,10-11H2,1H3/b20-14-. The number of ether oxygens (including phenoxy) is 2. The van der Waals surface area contributed by atoms with Crippen LogP contribution < -0.4 is 9.47 Å². The predicted molar refractivity (Wildman–Crippen MR) is 105 cm³/mol. The topological polar surface area (TPSA) is 59.3 Å². The fourth-order valence-electron chi connectivity index (χ4n) is 3.35. The van der Waals surface area contributed by atoms with E-state index in [1.54, 1.807) is 25.3 Å². The van der Waals surface area contributed by atoms with Gasteiger partial charge < -0.3 is 9.47 Å². The van der Waals surface area contributed by atoms with Crippen LogP contribution in [0.2, 0.25) is 0 Å². The summed E-state index contributed by atoms with van der Waals surface area (Å²) in [4.78, 5) is 12.4. The average Bonchev–Trinajstić information content (AvgIpc) is 2.74. The first-order valence-corrected chi connectivity index (χ1v) is 9.28. The second kappa shape index (κ2) is 9.05. The van der Waals surface area contributed by atoms with E-state index in [0.717, 1.165) is 36.8 Å². The molecule has 1 aliphatic rings. The van der Waals surface area contributed by atoms with E-state index in [-0.39, 0.29) is 11.9 Å². The fraction of sp³-hybridized carbons (Fsp3) is 0.304. The largest absolute Gasteiger partial charge is 0.493 e. The van der Waals surface area contributed by atoms with Crippen molar-refractivity contribution < 1.29 is 14.3 Å². The molecule has 2 aromatic rings. The normalized spacial score (nSPS) is 15.0. The highest BCUT2D eigenvalue weighted by atomic mass is 16.6. The Labute approximate surface area is 160 Å². The summed E-state index contributed by atoms with van der Waals surface area (Å²) >= 11 is 0. The third kappa shape index (κ3) is 4.77. The molecule has 0 radical (unpaired) electrons. The Bertz CT molecular complexity index is 859. The van der Waals surface area contributed by atoms with Crippen molar-refractivity contribution in [2.24, 2.45) is 5.92 Å². The number of rotatable bonds is 5. The number of allylic oxidation sites excluding steroid dienone is 1. The third-order valence-corrected chi connectivity index (χ3v) is 4.85. The highest BCUT2D eigenvalue weighted by Crippen LogP contribution is 2.32. The first-order chi connectivity index (χ1) is 13.2. The van der Waals surface area contributed by atoms with Crippen molar-refractivity contribution in [3.8, 4) is 17.6 Å². The van der Waals surface area contributed by atoms with E-state index in [1.807, 2.05) is 36.4 Å². The van der Waals surface area contributed by atoms with Crippen molar-refractivity contribution in [1.29, 1.82) is 5.26 Å². The van der Waals surface area contributed by atoms with Gasteiger partial charge in [0.05, 0.1) is 24.7 Å². The number of nitrogens with zero attached hydrogens (tertiary/aromatic N) is 1. The summed E-state index contributed by atoms with van der Waals surface area (Å²) in [7, 11) is 1.54. The summed E-state index contributed by atoms with van der Waals surface area (Å²) in [6, 6.07) is 17.1. The number of esters is 1. The summed E-state index contributed by atoms with van der Waals surface area (Å²) in [6.45, 7) is 0. The van der Waals surface area contributed by atoms with E-state index < -0.39 is 0 Å². The van der Waals surface area contributed by atoms with E-state index in [9.17, 15) is 10.1 Å². The van der Waals surface area contributed by atoms with E-state index in [2.05, 4.69) is 6.07 Å². The number of methoxy groups -OCH3 is 1. The number of hydrogen-bond donors (Lipinski definition) is 0. The maximum atomic E-state index is 12.4. The van der Waals surface area contributed by atoms with Crippen molar-refractivity contribution in [3.63, 3.8) is 0 Å². The van der Waals surface area contributed by atoms with Crippen molar-refractivity contribution in [1.82, 2.24) is 0 Å². The van der Waals surface area contributed by atoms with Crippen LogP contribution in [0, 0.1) is 17.2 Å². The Morgan fingerprint density at radius 3 is 2.48 bits per heavy atom. The van der Waals surface area contributed by atoms with Crippen molar-refractivity contribution >= 4 is 17.6 Å². The lowest BCUT2D eigenvalue weighted by Gasteiger charge is -2.20. The molecule has 0 spiro atoms. The molecule has 3 rings (SSSR count). The smallest absolute Gasteiger partial charge is 0.314 e. The van der Waals surface area contributed by atoms with Gasteiger partial charge in [0.25, 0.3) is 0 Å². The second-order valence-electron chi connectivity index (χ2n) is 6.70. The quantitative estimate of drug-likeness (QED) is 0.316. The van der Waals surface area contributed by atoms with Gasteiger partial charge in [0.2, 0.25) is 0 Å². The lowest BCUT2D eigenvalue weighted by atomic mass is 9.89. The van der Waals surface area contributed by atoms with Gasteiger partial charge in [-0.3, -0.25) is 4.79 Å². The molecular formula is C23H23NO3. The van der Waals surface area contributed by atoms with E-state index in [4.69, 9.17) is 9.47 Å². The van der Waals surface area contributed by atoms with Crippen molar-refractivity contribution in [3.05, 3.63) is 59.7 Å². The SMILES string of the molecule is COc1cc(/C=C(/C#N)c2ccccc2)ccc1OC(=O)C1CCCCC1. The molecule has 4 heteroatoms. The minimum absolute atomic E-state index is 0.0219. The van der Waals surface area contributed by atoms with Crippen molar-refractivity contribution in [2.75, 3.05) is 7.11 Å². The summed E-state index contributed by atoms with van der Waals surface area (Å²) in [6.07, 6.45) is 6.94. The van der Waals surface area contributed by atoms with Crippen LogP contribution in [0.25, 0.3) is 11.6 Å². The molecule has 27 heavy (non-hydrogen) atoms. The van der Waals surface area contributed by atoms with Gasteiger partial charge in [-0.1, -0.05) is 55.7 Å². The Kier molecular flexibility index (Phi) is 6.27. The highest BCUT2D eigenvalue weighted by molar-refractivity contribution is 5.90. The molecule has 0 N–H and O–H groups in total. The molecule has 1 aliphatic carbocycles. The Hall–Kier alpha value is -3.06. The Balaban J connectivity index is 1.80. The lowest BCUT2D eigenvalue weighted by Crippen LogP contribution is -2.22. The summed E-state index contributed by atoms with van der Waals surface area (Å²) < 4.78 is 11.0. The zero-order valence-electron chi connectivity index (χ0n) is 15.5. The predicted octanol–water partition coefficient (Wildman–Crippen LogP) is 5.25. The van der Waals surface area contributed by atoms with E-state index in [1.165, 1.54) is 6.42 Å². The number of carbonyl (C=O) groups excluding carboxylic acids is 1. The zero-order chi connectivity index (χ0) is 19.1. The molecule has 138 valence electrons. The minimum atomic E-state index is -0.182. The van der Waals surface area contributed by atoms with Gasteiger partial charge in [-0.2, -0.15) is 5.26 Å². The second-order valence-corrected chi connectivity index (χ2v) is 6.70. The third-order valence-electron chi connectivity index (χ3n) is 4.85. The van der Waals surface area contributed by atoms with Crippen LogP contribution in [0.5, 0.6) is 11.5 Å². The molecule has 0 saturated heterocycles. The molecule has 0 bridgehead atoms. The maximum Gasteiger partial charge on any atom is 0.314 e. The van der Waals surface area contributed by atoms with Gasteiger partial charge in [0.15, 0.2) is 11.5 Å². The molecule has 0 unspecified atom stereocenters. The highest BCUT2D eigenvalue weighted by Gasteiger charge is 2.24. The molecule has 0 heterocycles. The Morgan fingerprint density at radius 1 is 1.07 bits per heavy atom. The van der Waals surface area contributed by atoms with Gasteiger partial charge in [0.1, 0.15) is 0 Å². The van der Waals surface area contributed by atoms with Crippen molar-refractivity contribution in [2.45, 2.75) is 32.1 Å². The Morgan fingerprint density at radius 2 is 1.81 bits per heavy atom. The first kappa shape index (κ1) is 18.7. The van der Waals surface area contributed by atoms with Gasteiger partial charge >= 0.3 is 5.97 Å². The zero-order valence-corrected chi connectivity index (χ0v) is 15.5. The monoisotopic (exact) mass is 361 g/mol. The van der Waals surface area contributed by atoms with Crippen LogP contribution in [0.4, 0.5) is 0 Å². The van der Waals surface area contributed by atoms with Crippen LogP contribution >= 0.6 is 0 Å². The summed E-state index contributed by atoms with van der Waals surface area (Å²) in [5.74, 6) is 0.700. The molecule has 0 atom stereocenters. The molecule has 1 saturated carbocycles. The van der Waals surface area contributed by atoms with E-state index in [0.29, 0.717) is 17.1 Å². The average molecular weight is 361 g/mol. The van der Waals surface area contributed by atoms with Crippen LogP contribution in [0.3, 0.4) is 0 Å². The van der Waals surface area contributed by atoms with Crippen LogP contribution in [0.15, 0.2) is 48.5 Å². The van der Waals surface area contributed by atoms with Gasteiger partial charge in [-0.15, -0.1) is 0 Å². The van der Waals surface area contributed by atoms with Crippen LogP contribution in [-0.4, -0.2) is 13.1 Å². The molecule has 0 amide bonds. The molecule has 0 aliphatic heterocycles. The minimum Gasteiger partial charge on any atom is -0.493 e. The summed E-state index contributed by atoms with van der Waals surface area (Å²) in [5.41, 5.74) is 2.22. The van der Waals surface area contributed by atoms with E-state index >= 15 is 0 Å².